The minimum atomic E-state index is -1.08. The highest BCUT2D eigenvalue weighted by Crippen LogP contribution is 2.46. The van der Waals surface area contributed by atoms with Crippen molar-refractivity contribution in [1.82, 2.24) is 24.9 Å². The number of amides is 1. The van der Waals surface area contributed by atoms with Crippen molar-refractivity contribution in [3.63, 3.8) is 0 Å². The lowest BCUT2D eigenvalue weighted by Gasteiger charge is -2.41. The molecule has 224 valence electrons. The first kappa shape index (κ1) is 29.3. The lowest BCUT2D eigenvalue weighted by molar-refractivity contribution is -0.167. The maximum absolute atomic E-state index is 13.5. The molecule has 0 saturated heterocycles. The van der Waals surface area contributed by atoms with E-state index in [1.165, 1.54) is 0 Å². The van der Waals surface area contributed by atoms with E-state index in [1.54, 1.807) is 4.52 Å². The number of hydrogen-bond donors (Lipinski definition) is 3. The number of aryl methyl sites for hydroxylation is 4. The van der Waals surface area contributed by atoms with Gasteiger partial charge >= 0.3 is 12.1 Å². The fourth-order valence-corrected chi connectivity index (χ4v) is 6.31. The van der Waals surface area contributed by atoms with Gasteiger partial charge in [-0.15, -0.1) is 5.10 Å². The van der Waals surface area contributed by atoms with E-state index in [0.29, 0.717) is 24.4 Å². The molecule has 0 radical (unpaired) electrons. The number of carbonyl (C=O) groups excluding carboxylic acids is 1. The fourth-order valence-electron chi connectivity index (χ4n) is 6.31. The normalized spacial score (nSPS) is 19.4. The van der Waals surface area contributed by atoms with Gasteiger partial charge in [-0.2, -0.15) is 4.98 Å². The minimum Gasteiger partial charge on any atom is -0.512 e. The van der Waals surface area contributed by atoms with Crippen LogP contribution in [0.25, 0.3) is 5.78 Å². The summed E-state index contributed by atoms with van der Waals surface area (Å²) in [6.45, 7) is 6.31. The summed E-state index contributed by atoms with van der Waals surface area (Å²) in [4.78, 5) is 33.0. The molecular formula is C31H39N5O6. The maximum Gasteiger partial charge on any atom is 0.404 e. The van der Waals surface area contributed by atoms with Crippen LogP contribution < -0.4 is 10.1 Å². The molecule has 1 fully saturated rings. The fraction of sp³-hybridized carbons (Fsp3) is 0.516. The number of aliphatic hydroxyl groups is 1. The second-order valence-corrected chi connectivity index (χ2v) is 11.4. The van der Waals surface area contributed by atoms with Gasteiger partial charge in [-0.25, -0.2) is 19.1 Å². The van der Waals surface area contributed by atoms with E-state index < -0.39 is 17.7 Å². The molecule has 3 N–H and O–H groups in total. The van der Waals surface area contributed by atoms with Crippen LogP contribution in [-0.2, 0) is 28.8 Å². The smallest absolute Gasteiger partial charge is 0.404 e. The van der Waals surface area contributed by atoms with Crippen LogP contribution in [-0.4, -0.2) is 60.6 Å². The largest absolute Gasteiger partial charge is 0.512 e. The molecule has 1 saturated carbocycles. The Hall–Kier alpha value is -4.15. The number of carbonyl (C=O) groups is 2. The van der Waals surface area contributed by atoms with Crippen molar-refractivity contribution in [3.8, 4) is 5.75 Å². The Morgan fingerprint density at radius 1 is 1.21 bits per heavy atom. The van der Waals surface area contributed by atoms with Crippen LogP contribution in [0.2, 0.25) is 0 Å². The average Bonchev–Trinajstić information content (AvgIpc) is 3.63. The molecule has 1 atom stereocenters. The number of ether oxygens (including phenoxy) is 2. The van der Waals surface area contributed by atoms with Crippen molar-refractivity contribution < 1.29 is 29.3 Å². The molecule has 3 aromatic rings. The Morgan fingerprint density at radius 2 is 2.00 bits per heavy atom. The molecular weight excluding hydrogens is 538 g/mol. The summed E-state index contributed by atoms with van der Waals surface area (Å²) in [5.41, 5.74) is 3.29. The van der Waals surface area contributed by atoms with E-state index in [2.05, 4.69) is 26.4 Å². The Kier molecular flexibility index (Phi) is 8.65. The molecule has 1 aliphatic carbocycles. The van der Waals surface area contributed by atoms with Crippen LogP contribution >= 0.6 is 0 Å². The van der Waals surface area contributed by atoms with Gasteiger partial charge in [0.1, 0.15) is 23.7 Å². The quantitative estimate of drug-likeness (QED) is 0.216. The maximum atomic E-state index is 13.5. The second kappa shape index (κ2) is 12.4. The SMILES string of the molecule is CCc1cc(CCC2(C3CCCC3)CC(O)=C(Cc3nc4nc(C)cc(C)n4n3)C(=O)O2)ccc1OCCNC(=O)O. The summed E-state index contributed by atoms with van der Waals surface area (Å²) in [6.07, 6.45) is 5.42. The molecule has 1 aromatic carbocycles. The number of fused-ring (bicyclic) bond motifs is 1. The van der Waals surface area contributed by atoms with Crippen molar-refractivity contribution in [3.05, 3.63) is 63.9 Å². The molecule has 3 heterocycles. The summed E-state index contributed by atoms with van der Waals surface area (Å²) in [5.74, 6) is 1.35. The van der Waals surface area contributed by atoms with Crippen molar-refractivity contribution in [2.24, 2.45) is 5.92 Å². The van der Waals surface area contributed by atoms with E-state index in [4.69, 9.17) is 14.6 Å². The molecule has 1 unspecified atom stereocenters. The molecule has 2 aromatic heterocycles. The van der Waals surface area contributed by atoms with Crippen LogP contribution in [0.3, 0.4) is 0 Å². The number of aliphatic hydroxyl groups excluding tert-OH is 1. The third-order valence-electron chi connectivity index (χ3n) is 8.43. The second-order valence-electron chi connectivity index (χ2n) is 11.4. The lowest BCUT2D eigenvalue weighted by Crippen LogP contribution is -2.46. The molecule has 1 amide bonds. The van der Waals surface area contributed by atoms with Gasteiger partial charge in [0.05, 0.1) is 12.1 Å². The summed E-state index contributed by atoms with van der Waals surface area (Å²) in [6, 6.07) is 7.93. The average molecular weight is 578 g/mol. The summed E-state index contributed by atoms with van der Waals surface area (Å²) in [5, 5.41) is 26.8. The minimum absolute atomic E-state index is 0.0610. The van der Waals surface area contributed by atoms with E-state index >= 15 is 0 Å². The van der Waals surface area contributed by atoms with Gasteiger partial charge in [0, 0.05) is 24.2 Å². The molecule has 11 heteroatoms. The van der Waals surface area contributed by atoms with Gasteiger partial charge in [0.2, 0.25) is 0 Å². The number of rotatable bonds is 11. The summed E-state index contributed by atoms with van der Waals surface area (Å²) in [7, 11) is 0. The van der Waals surface area contributed by atoms with Crippen LogP contribution in [0.1, 0.15) is 73.8 Å². The topological polar surface area (TPSA) is 148 Å². The third kappa shape index (κ3) is 6.34. The highest BCUT2D eigenvalue weighted by molar-refractivity contribution is 5.90. The van der Waals surface area contributed by atoms with Crippen LogP contribution in [0, 0.1) is 19.8 Å². The van der Waals surface area contributed by atoms with Gasteiger partial charge in [-0.05, 0) is 75.1 Å². The van der Waals surface area contributed by atoms with E-state index in [1.807, 2.05) is 39.0 Å². The number of nitrogens with zero attached hydrogens (tertiary/aromatic N) is 4. The first-order valence-corrected chi connectivity index (χ1v) is 14.7. The van der Waals surface area contributed by atoms with Crippen molar-refractivity contribution in [1.29, 1.82) is 0 Å². The highest BCUT2D eigenvalue weighted by atomic mass is 16.6. The Morgan fingerprint density at radius 3 is 2.71 bits per heavy atom. The van der Waals surface area contributed by atoms with Crippen LogP contribution in [0.5, 0.6) is 5.75 Å². The molecule has 1 aliphatic heterocycles. The zero-order valence-electron chi connectivity index (χ0n) is 24.5. The molecule has 2 aliphatic rings. The van der Waals surface area contributed by atoms with Crippen molar-refractivity contribution in [2.75, 3.05) is 13.2 Å². The van der Waals surface area contributed by atoms with Gasteiger partial charge in [-0.1, -0.05) is 31.9 Å². The number of esters is 1. The van der Waals surface area contributed by atoms with Gasteiger partial charge in [0.25, 0.3) is 5.78 Å². The number of hydrogen-bond acceptors (Lipinski definition) is 8. The zero-order chi connectivity index (χ0) is 29.9. The Labute approximate surface area is 245 Å². The monoisotopic (exact) mass is 577 g/mol. The molecule has 0 spiro atoms. The Bertz CT molecular complexity index is 1510. The predicted octanol–water partition coefficient (Wildman–Crippen LogP) is 4.81. The van der Waals surface area contributed by atoms with E-state index in [-0.39, 0.29) is 43.2 Å². The number of benzene rings is 1. The van der Waals surface area contributed by atoms with Crippen molar-refractivity contribution >= 4 is 17.8 Å². The molecule has 42 heavy (non-hydrogen) atoms. The van der Waals surface area contributed by atoms with Crippen molar-refractivity contribution in [2.45, 2.75) is 84.2 Å². The number of aromatic nitrogens is 4. The molecule has 5 rings (SSSR count). The summed E-state index contributed by atoms with van der Waals surface area (Å²) >= 11 is 0. The number of cyclic esters (lactones) is 1. The van der Waals surface area contributed by atoms with Gasteiger partial charge in [0.15, 0.2) is 5.82 Å². The number of carboxylic acid groups (broad SMARTS) is 1. The van der Waals surface area contributed by atoms with Gasteiger partial charge < -0.3 is 25.0 Å². The third-order valence-corrected chi connectivity index (χ3v) is 8.43. The summed E-state index contributed by atoms with van der Waals surface area (Å²) < 4.78 is 13.7. The van der Waals surface area contributed by atoms with E-state index in [0.717, 1.165) is 60.4 Å². The zero-order valence-corrected chi connectivity index (χ0v) is 24.5. The first-order valence-electron chi connectivity index (χ1n) is 14.7. The van der Waals surface area contributed by atoms with Crippen LogP contribution in [0.15, 0.2) is 35.6 Å². The van der Waals surface area contributed by atoms with Gasteiger partial charge in [-0.3, -0.25) is 0 Å². The molecule has 0 bridgehead atoms. The van der Waals surface area contributed by atoms with Crippen LogP contribution in [0.4, 0.5) is 4.79 Å². The predicted molar refractivity (Wildman–Crippen MR) is 155 cm³/mol. The Balaban J connectivity index is 1.32. The standard InChI is InChI=1S/C31H39N5O6/c1-4-22-16-21(9-10-26(22)41-14-13-32-30(39)40)11-12-31(23-7-5-6-8-23)18-25(37)24(28(38)42-31)17-27-34-29-33-19(2)15-20(3)36(29)35-27/h9-10,15-16,23,32,37H,4-8,11-14,17-18H2,1-3H3,(H,39,40). The first-order chi connectivity index (χ1) is 20.2. The lowest BCUT2D eigenvalue weighted by atomic mass is 9.76. The molecule has 11 nitrogen and oxygen atoms in total. The van der Waals surface area contributed by atoms with E-state index in [9.17, 15) is 14.7 Å². The number of nitrogens with one attached hydrogen (secondary N) is 1. The highest BCUT2D eigenvalue weighted by Gasteiger charge is 2.48.